The number of benzene rings is 1. The van der Waals surface area contributed by atoms with E-state index in [9.17, 15) is 4.79 Å². The summed E-state index contributed by atoms with van der Waals surface area (Å²) < 4.78 is 0. The lowest BCUT2D eigenvalue weighted by Crippen LogP contribution is -2.42. The van der Waals surface area contributed by atoms with Gasteiger partial charge in [0.1, 0.15) is 6.04 Å². The Labute approximate surface area is 117 Å². The molecule has 5 heteroatoms. The van der Waals surface area contributed by atoms with Crippen molar-refractivity contribution >= 4 is 29.3 Å². The van der Waals surface area contributed by atoms with Crippen molar-refractivity contribution in [2.75, 3.05) is 5.75 Å². The molecular formula is C13H18ClNO2S. The first-order valence-electron chi connectivity index (χ1n) is 5.80. The van der Waals surface area contributed by atoms with Crippen LogP contribution in [0.25, 0.3) is 0 Å². The quantitative estimate of drug-likeness (QED) is 0.809. The highest BCUT2D eigenvalue weighted by atomic mass is 35.5. The summed E-state index contributed by atoms with van der Waals surface area (Å²) in [6, 6.07) is 7.27. The van der Waals surface area contributed by atoms with Crippen LogP contribution < -0.4 is 5.32 Å². The Balaban J connectivity index is 2.44. The number of hydrogen-bond donors (Lipinski definition) is 2. The van der Waals surface area contributed by atoms with Crippen molar-refractivity contribution in [3.63, 3.8) is 0 Å². The molecule has 0 aliphatic carbocycles. The SMILES string of the molecule is CC(C)NC(CSCc1ccccc1Cl)C(=O)O. The molecule has 0 heterocycles. The molecule has 18 heavy (non-hydrogen) atoms. The Morgan fingerprint density at radius 2 is 2.11 bits per heavy atom. The maximum absolute atomic E-state index is 11.0. The first-order valence-corrected chi connectivity index (χ1v) is 7.34. The van der Waals surface area contributed by atoms with Gasteiger partial charge < -0.3 is 10.4 Å². The zero-order chi connectivity index (χ0) is 13.5. The van der Waals surface area contributed by atoms with Crippen LogP contribution >= 0.6 is 23.4 Å². The highest BCUT2D eigenvalue weighted by Crippen LogP contribution is 2.21. The van der Waals surface area contributed by atoms with E-state index in [4.69, 9.17) is 16.7 Å². The number of halogens is 1. The van der Waals surface area contributed by atoms with Crippen LogP contribution in [0.1, 0.15) is 19.4 Å². The van der Waals surface area contributed by atoms with Crippen LogP contribution in [0, 0.1) is 0 Å². The molecule has 0 amide bonds. The van der Waals surface area contributed by atoms with Gasteiger partial charge in [0.05, 0.1) is 0 Å². The van der Waals surface area contributed by atoms with E-state index in [-0.39, 0.29) is 6.04 Å². The summed E-state index contributed by atoms with van der Waals surface area (Å²) in [5, 5.41) is 12.8. The van der Waals surface area contributed by atoms with Gasteiger partial charge in [-0.2, -0.15) is 11.8 Å². The molecule has 1 atom stereocenters. The number of nitrogens with one attached hydrogen (secondary N) is 1. The highest BCUT2D eigenvalue weighted by Gasteiger charge is 2.17. The molecule has 0 aliphatic heterocycles. The predicted molar refractivity (Wildman–Crippen MR) is 77.3 cm³/mol. The summed E-state index contributed by atoms with van der Waals surface area (Å²) in [5.74, 6) is 0.442. The lowest BCUT2D eigenvalue weighted by molar-refractivity contribution is -0.139. The van der Waals surface area contributed by atoms with Gasteiger partial charge >= 0.3 is 5.97 Å². The first kappa shape index (κ1) is 15.3. The van der Waals surface area contributed by atoms with Crippen molar-refractivity contribution in [1.29, 1.82) is 0 Å². The number of carbonyl (C=O) groups is 1. The minimum atomic E-state index is -0.810. The fourth-order valence-corrected chi connectivity index (χ4v) is 2.84. The van der Waals surface area contributed by atoms with E-state index in [1.807, 2.05) is 38.1 Å². The number of hydrogen-bond acceptors (Lipinski definition) is 3. The van der Waals surface area contributed by atoms with E-state index in [1.165, 1.54) is 0 Å². The van der Waals surface area contributed by atoms with Gasteiger partial charge in [0.2, 0.25) is 0 Å². The molecule has 0 fully saturated rings. The molecule has 3 nitrogen and oxygen atoms in total. The third-order valence-electron chi connectivity index (χ3n) is 2.33. The molecule has 0 saturated carbocycles. The molecule has 2 N–H and O–H groups in total. The van der Waals surface area contributed by atoms with Crippen molar-refractivity contribution in [3.8, 4) is 0 Å². The van der Waals surface area contributed by atoms with Crippen LogP contribution in [0.5, 0.6) is 0 Å². The molecule has 0 bridgehead atoms. The van der Waals surface area contributed by atoms with Crippen LogP contribution in [0.3, 0.4) is 0 Å². The van der Waals surface area contributed by atoms with Gasteiger partial charge in [-0.25, -0.2) is 0 Å². The molecule has 1 rings (SSSR count). The Hall–Kier alpha value is -0.710. The van der Waals surface area contributed by atoms with Crippen LogP contribution in [0.2, 0.25) is 5.02 Å². The van der Waals surface area contributed by atoms with Gasteiger partial charge in [0.15, 0.2) is 0 Å². The Morgan fingerprint density at radius 1 is 1.44 bits per heavy atom. The largest absolute Gasteiger partial charge is 0.480 e. The van der Waals surface area contributed by atoms with Crippen molar-refractivity contribution in [1.82, 2.24) is 5.32 Å². The van der Waals surface area contributed by atoms with Gasteiger partial charge in [-0.15, -0.1) is 0 Å². The van der Waals surface area contributed by atoms with Crippen molar-refractivity contribution in [2.45, 2.75) is 31.7 Å². The lowest BCUT2D eigenvalue weighted by atomic mass is 10.2. The second-order valence-corrected chi connectivity index (χ2v) is 5.76. The Kier molecular flexibility index (Phi) is 6.54. The van der Waals surface area contributed by atoms with Crippen LogP contribution in [-0.2, 0) is 10.5 Å². The van der Waals surface area contributed by atoms with Gasteiger partial charge in [0, 0.05) is 22.6 Å². The number of rotatable bonds is 7. The average Bonchev–Trinajstić information content (AvgIpc) is 2.29. The van der Waals surface area contributed by atoms with Crippen molar-refractivity contribution in [2.24, 2.45) is 0 Å². The Bertz CT molecular complexity index is 398. The molecule has 0 aromatic heterocycles. The number of aliphatic carboxylic acids is 1. The topological polar surface area (TPSA) is 49.3 Å². The van der Waals surface area contributed by atoms with Crippen LogP contribution in [0.4, 0.5) is 0 Å². The van der Waals surface area contributed by atoms with E-state index >= 15 is 0 Å². The summed E-state index contributed by atoms with van der Waals surface area (Å²) in [6.07, 6.45) is 0. The molecule has 0 saturated heterocycles. The molecule has 1 unspecified atom stereocenters. The van der Waals surface area contributed by atoms with E-state index < -0.39 is 12.0 Å². The van der Waals surface area contributed by atoms with Crippen molar-refractivity contribution < 1.29 is 9.90 Å². The fraction of sp³-hybridized carbons (Fsp3) is 0.462. The minimum Gasteiger partial charge on any atom is -0.480 e. The molecule has 0 spiro atoms. The molecule has 1 aromatic carbocycles. The zero-order valence-electron chi connectivity index (χ0n) is 10.5. The molecule has 0 radical (unpaired) electrons. The monoisotopic (exact) mass is 287 g/mol. The summed E-state index contributed by atoms with van der Waals surface area (Å²) in [5.41, 5.74) is 1.04. The zero-order valence-corrected chi connectivity index (χ0v) is 12.1. The van der Waals surface area contributed by atoms with Crippen LogP contribution in [0.15, 0.2) is 24.3 Å². The van der Waals surface area contributed by atoms with Gasteiger partial charge in [-0.1, -0.05) is 43.6 Å². The summed E-state index contributed by atoms with van der Waals surface area (Å²) in [4.78, 5) is 11.0. The second-order valence-electron chi connectivity index (χ2n) is 4.32. The van der Waals surface area contributed by atoms with Crippen LogP contribution in [-0.4, -0.2) is 28.9 Å². The summed E-state index contributed by atoms with van der Waals surface area (Å²) in [6.45, 7) is 3.88. The average molecular weight is 288 g/mol. The molecule has 0 aliphatic rings. The van der Waals surface area contributed by atoms with E-state index in [0.717, 1.165) is 16.3 Å². The van der Waals surface area contributed by atoms with E-state index in [0.29, 0.717) is 5.75 Å². The van der Waals surface area contributed by atoms with Gasteiger partial charge in [-0.05, 0) is 11.6 Å². The summed E-state index contributed by atoms with van der Waals surface area (Å²) in [7, 11) is 0. The third kappa shape index (κ3) is 5.29. The van der Waals surface area contributed by atoms with E-state index in [1.54, 1.807) is 11.8 Å². The normalized spacial score (nSPS) is 12.7. The number of carboxylic acid groups (broad SMARTS) is 1. The first-order chi connectivity index (χ1) is 8.50. The standard InChI is InChI=1S/C13H18ClNO2S/c1-9(2)15-12(13(16)17)8-18-7-10-5-3-4-6-11(10)14/h3-6,9,12,15H,7-8H2,1-2H3,(H,16,17). The third-order valence-corrected chi connectivity index (χ3v) is 3.79. The van der Waals surface area contributed by atoms with Gasteiger partial charge in [0.25, 0.3) is 0 Å². The van der Waals surface area contributed by atoms with Crippen molar-refractivity contribution in [3.05, 3.63) is 34.9 Å². The highest BCUT2D eigenvalue weighted by molar-refractivity contribution is 7.98. The van der Waals surface area contributed by atoms with E-state index in [2.05, 4.69) is 5.32 Å². The molecular weight excluding hydrogens is 270 g/mol. The predicted octanol–water partition coefficient (Wildman–Crippen LogP) is 3.02. The molecule has 100 valence electrons. The Morgan fingerprint density at radius 3 is 2.67 bits per heavy atom. The maximum Gasteiger partial charge on any atom is 0.321 e. The molecule has 1 aromatic rings. The lowest BCUT2D eigenvalue weighted by Gasteiger charge is -2.16. The number of thioether (sulfide) groups is 1. The minimum absolute atomic E-state index is 0.159. The fourth-order valence-electron chi connectivity index (χ4n) is 1.50. The second kappa shape index (κ2) is 7.67. The van der Waals surface area contributed by atoms with Gasteiger partial charge in [-0.3, -0.25) is 4.79 Å². The smallest absolute Gasteiger partial charge is 0.321 e. The number of carboxylic acids is 1. The maximum atomic E-state index is 11.0. The summed E-state index contributed by atoms with van der Waals surface area (Å²) >= 11 is 7.61.